The average Bonchev–Trinajstić information content (AvgIpc) is 3.90. The monoisotopic (exact) mass is 987 g/mol. The fraction of sp³-hybridized carbons (Fsp3) is 0.644. The maximum Gasteiger partial charge on any atom is 0.509 e. The number of anilines is 1. The molecule has 1 aromatic carbocycles. The number of rotatable bonds is 16. The van der Waals surface area contributed by atoms with Crippen LogP contribution in [-0.4, -0.2) is 120 Å². The second-order valence-electron chi connectivity index (χ2n) is 20.9. The van der Waals surface area contributed by atoms with Gasteiger partial charge < -0.3 is 37.9 Å². The molecule has 68 heavy (non-hydrogen) atoms. The van der Waals surface area contributed by atoms with Gasteiger partial charge in [-0.25, -0.2) is 24.2 Å². The van der Waals surface area contributed by atoms with Crippen LogP contribution in [0.25, 0.3) is 11.2 Å². The molecule has 0 N–H and O–H groups in total. The van der Waals surface area contributed by atoms with E-state index in [-0.39, 0.29) is 49.2 Å². The van der Waals surface area contributed by atoms with Crippen molar-refractivity contribution in [1.82, 2.24) is 39.7 Å². The number of tetrazole rings is 1. The molecule has 1 aliphatic heterocycles. The zero-order chi connectivity index (χ0) is 50.6. The number of hydrogen-bond acceptors (Lipinski definition) is 18. The van der Waals surface area contributed by atoms with E-state index in [1.807, 2.05) is 30.3 Å². The molecule has 0 aliphatic carbocycles. The van der Waals surface area contributed by atoms with Gasteiger partial charge in [-0.05, 0) is 105 Å². The number of ether oxygens (including phenoxy) is 8. The summed E-state index contributed by atoms with van der Waals surface area (Å²) in [6.07, 6.45) is -4.26. The van der Waals surface area contributed by atoms with Crippen molar-refractivity contribution in [2.45, 2.75) is 162 Å². The zero-order valence-electron chi connectivity index (χ0n) is 41.7. The van der Waals surface area contributed by atoms with E-state index in [4.69, 9.17) is 49.5 Å². The highest BCUT2D eigenvalue weighted by molar-refractivity contribution is 6.76. The molecule has 4 aromatic rings. The van der Waals surface area contributed by atoms with Crippen molar-refractivity contribution in [3.05, 3.63) is 53.3 Å². The first-order valence-corrected chi connectivity index (χ1v) is 26.5. The number of halogens is 1. The lowest BCUT2D eigenvalue weighted by Crippen LogP contribution is -2.47. The predicted octanol–water partition coefficient (Wildman–Crippen LogP) is 8.42. The van der Waals surface area contributed by atoms with Gasteiger partial charge in [-0.15, -0.1) is 15.0 Å². The van der Waals surface area contributed by atoms with Crippen LogP contribution in [0.5, 0.6) is 0 Å². The maximum atomic E-state index is 14.4. The standard InChI is InChI=1S/C45H66ClN9O12Si/c1-16-61-36(56)45(24-29-20-18-17-19-21-29,34-50-52-54(51-34)27-60-22-23-68(13,14)15)62-25-30-28(2)44(12,67-40(59)66-43(9,10)11)35(63-30)53-26-47-31-32(53)48-37(46)49-33(31)55(38(57)64-41(3,4)5)39(58)65-42(6,7)8/h17-21,26,28,30,35H,16,22-25,27H2,1-15H3/t28-,30-,35-,44-,45?/m1/s1. The van der Waals surface area contributed by atoms with Crippen LogP contribution in [0.15, 0.2) is 36.7 Å². The molecule has 1 fully saturated rings. The number of nitrogens with zero attached hydrogens (tertiary/aromatic N) is 9. The molecule has 0 spiro atoms. The van der Waals surface area contributed by atoms with Crippen LogP contribution in [0.1, 0.15) is 101 Å². The van der Waals surface area contributed by atoms with Crippen LogP contribution in [-0.2, 0) is 61.4 Å². The minimum absolute atomic E-state index is 0.00622. The molecule has 5 atom stereocenters. The normalized spacial score (nSPS) is 19.9. The first kappa shape index (κ1) is 53.7. The molecule has 1 unspecified atom stereocenters. The third-order valence-electron chi connectivity index (χ3n) is 10.4. The number of imide groups is 1. The van der Waals surface area contributed by atoms with E-state index in [0.29, 0.717) is 17.1 Å². The molecule has 0 saturated carbocycles. The van der Waals surface area contributed by atoms with Crippen molar-refractivity contribution >= 4 is 61.0 Å². The highest BCUT2D eigenvalue weighted by Crippen LogP contribution is 2.48. The van der Waals surface area contributed by atoms with Crippen LogP contribution in [0.2, 0.25) is 31.0 Å². The molecular weight excluding hydrogens is 922 g/mol. The first-order valence-electron chi connectivity index (χ1n) is 22.4. The van der Waals surface area contributed by atoms with Crippen molar-refractivity contribution in [1.29, 1.82) is 0 Å². The highest BCUT2D eigenvalue weighted by Gasteiger charge is 2.58. The number of benzene rings is 1. The predicted molar refractivity (Wildman–Crippen MR) is 250 cm³/mol. The molecule has 5 rings (SSSR count). The number of carbonyl (C=O) groups excluding carboxylic acids is 4. The Morgan fingerprint density at radius 1 is 0.912 bits per heavy atom. The Morgan fingerprint density at radius 3 is 2.10 bits per heavy atom. The van der Waals surface area contributed by atoms with Gasteiger partial charge in [-0.3, -0.25) is 4.57 Å². The third kappa shape index (κ3) is 13.5. The molecule has 21 nitrogen and oxygen atoms in total. The molecule has 0 radical (unpaired) electrons. The molecule has 4 heterocycles. The van der Waals surface area contributed by atoms with E-state index in [9.17, 15) is 19.2 Å². The van der Waals surface area contributed by atoms with Crippen LogP contribution in [0.4, 0.5) is 20.2 Å². The quantitative estimate of drug-likeness (QED) is 0.0337. The maximum absolute atomic E-state index is 14.4. The Labute approximate surface area is 402 Å². The molecular formula is C45H66ClN9O12Si. The lowest BCUT2D eigenvalue weighted by molar-refractivity contribution is -0.182. The average molecular weight is 989 g/mol. The fourth-order valence-electron chi connectivity index (χ4n) is 6.95. The van der Waals surface area contributed by atoms with Gasteiger partial charge in [0.15, 0.2) is 35.5 Å². The van der Waals surface area contributed by atoms with Crippen LogP contribution < -0.4 is 4.90 Å². The third-order valence-corrected chi connectivity index (χ3v) is 12.2. The van der Waals surface area contributed by atoms with Gasteiger partial charge in [-0.2, -0.15) is 14.9 Å². The van der Waals surface area contributed by atoms with Crippen LogP contribution in [0, 0.1) is 5.92 Å². The number of fused-ring (bicyclic) bond motifs is 1. The van der Waals surface area contributed by atoms with Crippen LogP contribution >= 0.6 is 11.6 Å². The largest absolute Gasteiger partial charge is 0.509 e. The Hall–Kier alpha value is -5.29. The summed E-state index contributed by atoms with van der Waals surface area (Å²) in [6, 6.07) is 10.1. The van der Waals surface area contributed by atoms with Gasteiger partial charge in [0.05, 0.1) is 25.6 Å². The summed E-state index contributed by atoms with van der Waals surface area (Å²) in [5.41, 5.74) is -6.05. The summed E-state index contributed by atoms with van der Waals surface area (Å²) in [6.45, 7) is 26.8. The second-order valence-corrected chi connectivity index (χ2v) is 26.8. The SMILES string of the molecule is CCOC(=O)C(Cc1ccccc1)(OC[C@H]1O[C@@H](n2cnc3c(N(C(=O)OC(C)(C)C)C(=O)OC(C)(C)C)nc(Cl)nc32)[C@](C)(OC(=O)OC(C)(C)C)[C@@H]1C)c1nnn(COCC[Si](C)(C)C)n1. The van der Waals surface area contributed by atoms with E-state index < -0.39 is 83.9 Å². The summed E-state index contributed by atoms with van der Waals surface area (Å²) in [5, 5.41) is 12.7. The van der Waals surface area contributed by atoms with E-state index in [1.165, 1.54) is 15.7 Å². The molecule has 1 aliphatic rings. The Morgan fingerprint density at radius 2 is 1.53 bits per heavy atom. The van der Waals surface area contributed by atoms with Crippen LogP contribution in [0.3, 0.4) is 0 Å². The number of amides is 2. The van der Waals surface area contributed by atoms with Crippen molar-refractivity contribution in [3.8, 4) is 0 Å². The first-order chi connectivity index (χ1) is 31.4. The van der Waals surface area contributed by atoms with Crippen molar-refractivity contribution in [2.75, 3.05) is 24.7 Å². The molecule has 374 valence electrons. The number of hydrogen-bond donors (Lipinski definition) is 0. The minimum atomic E-state index is -1.97. The number of imidazole rings is 1. The van der Waals surface area contributed by atoms with Crippen molar-refractivity contribution < 1.29 is 57.1 Å². The topological polar surface area (TPSA) is 233 Å². The number of aromatic nitrogens is 8. The Balaban J connectivity index is 1.61. The lowest BCUT2D eigenvalue weighted by Gasteiger charge is -2.34. The smallest absolute Gasteiger partial charge is 0.463 e. The molecule has 3 aromatic heterocycles. The van der Waals surface area contributed by atoms with E-state index in [2.05, 4.69) is 50.0 Å². The molecule has 23 heteroatoms. The van der Waals surface area contributed by atoms with Gasteiger partial charge in [0.1, 0.15) is 16.8 Å². The van der Waals surface area contributed by atoms with Gasteiger partial charge in [0, 0.05) is 27.0 Å². The van der Waals surface area contributed by atoms with Gasteiger partial charge >= 0.3 is 24.3 Å². The Kier molecular flexibility index (Phi) is 16.4. The number of carbonyl (C=O) groups is 4. The lowest BCUT2D eigenvalue weighted by atomic mass is 9.87. The summed E-state index contributed by atoms with van der Waals surface area (Å²) < 4.78 is 49.6. The molecule has 0 bridgehead atoms. The Bertz CT molecular complexity index is 2380. The van der Waals surface area contributed by atoms with Gasteiger partial charge in [-0.1, -0.05) is 56.9 Å². The fourth-order valence-corrected chi connectivity index (χ4v) is 7.87. The van der Waals surface area contributed by atoms with E-state index in [1.54, 1.807) is 83.1 Å². The van der Waals surface area contributed by atoms with Crippen molar-refractivity contribution in [3.63, 3.8) is 0 Å². The van der Waals surface area contributed by atoms with Gasteiger partial charge in [0.2, 0.25) is 16.7 Å². The molecule has 1 saturated heterocycles. The summed E-state index contributed by atoms with van der Waals surface area (Å²) in [5.74, 6) is -1.96. The summed E-state index contributed by atoms with van der Waals surface area (Å²) in [4.78, 5) is 70.6. The van der Waals surface area contributed by atoms with Gasteiger partial charge in [0.25, 0.3) is 0 Å². The molecule has 2 amide bonds. The summed E-state index contributed by atoms with van der Waals surface area (Å²) >= 11 is 6.57. The number of esters is 1. The minimum Gasteiger partial charge on any atom is -0.463 e. The second kappa shape index (κ2) is 20.7. The van der Waals surface area contributed by atoms with E-state index in [0.717, 1.165) is 6.04 Å². The highest BCUT2D eigenvalue weighted by atomic mass is 35.5. The summed E-state index contributed by atoms with van der Waals surface area (Å²) in [7, 11) is -1.39. The van der Waals surface area contributed by atoms with Crippen molar-refractivity contribution in [2.24, 2.45) is 5.92 Å². The zero-order valence-corrected chi connectivity index (χ0v) is 43.5. The van der Waals surface area contributed by atoms with E-state index >= 15 is 0 Å².